The number of nitrogens with zero attached hydrogens (tertiary/aromatic N) is 2. The van der Waals surface area contributed by atoms with Crippen molar-refractivity contribution in [2.24, 2.45) is 5.92 Å². The predicted octanol–water partition coefficient (Wildman–Crippen LogP) is 6.46. The fourth-order valence-electron chi connectivity index (χ4n) is 4.73. The van der Waals surface area contributed by atoms with Gasteiger partial charge < -0.3 is 19.4 Å². The molecular weight excluding hydrogens is 609 g/mol. The Morgan fingerprint density at radius 1 is 1.10 bits per heavy atom. The molecule has 2 unspecified atom stereocenters. The van der Waals surface area contributed by atoms with Gasteiger partial charge in [-0.25, -0.2) is 4.79 Å². The molecule has 1 saturated carbocycles. The van der Waals surface area contributed by atoms with Crippen molar-refractivity contribution in [2.75, 3.05) is 25.4 Å². The van der Waals surface area contributed by atoms with Crippen molar-refractivity contribution in [1.82, 2.24) is 4.90 Å². The van der Waals surface area contributed by atoms with Crippen molar-refractivity contribution in [3.63, 3.8) is 0 Å². The van der Waals surface area contributed by atoms with Crippen molar-refractivity contribution >= 4 is 40.9 Å². The molecule has 0 bridgehead atoms. The highest BCUT2D eigenvalue weighted by atomic mass is 35.5. The Morgan fingerprint density at radius 2 is 1.83 bits per heavy atom. The van der Waals surface area contributed by atoms with Gasteiger partial charge in [0.05, 0.1) is 6.61 Å². The Hall–Kier alpha value is -2.79. The zero-order valence-corrected chi connectivity index (χ0v) is 24.9. The summed E-state index contributed by atoms with van der Waals surface area (Å²) in [5.74, 6) is 0.719. The van der Waals surface area contributed by atoms with E-state index in [4.69, 9.17) is 32.7 Å². The third-order valence-corrected chi connectivity index (χ3v) is 9.03. The monoisotopic (exact) mass is 638 g/mol. The summed E-state index contributed by atoms with van der Waals surface area (Å²) in [6.07, 6.45) is 4.28. The number of ether oxygens (including phenoxy) is 3. The fraction of sp³-hybridized carbons (Fsp3) is 0.400. The van der Waals surface area contributed by atoms with Crippen molar-refractivity contribution in [3.05, 3.63) is 92.9 Å². The summed E-state index contributed by atoms with van der Waals surface area (Å²) in [5, 5.41) is 11.5. The van der Waals surface area contributed by atoms with Crippen LogP contribution in [-0.4, -0.2) is 48.3 Å². The van der Waals surface area contributed by atoms with Gasteiger partial charge in [-0.2, -0.15) is 13.5 Å². The highest BCUT2D eigenvalue weighted by Crippen LogP contribution is 2.38. The zero-order chi connectivity index (χ0) is 29.6. The maximum Gasteiger partial charge on any atom is 0.387 e. The maximum absolute atomic E-state index is 13.6. The number of alkyl halides is 2. The molecule has 0 amide bonds. The molecule has 1 aromatic heterocycles. The second kappa shape index (κ2) is 14.1. The van der Waals surface area contributed by atoms with Gasteiger partial charge >= 0.3 is 12.6 Å². The third kappa shape index (κ3) is 8.18. The van der Waals surface area contributed by atoms with Gasteiger partial charge in [0, 0.05) is 30.8 Å². The third-order valence-electron chi connectivity index (χ3n) is 7.15. The molecule has 1 saturated heterocycles. The molecule has 1 aliphatic carbocycles. The number of carbonyl (C=O) groups excluding carboxylic acids is 1. The van der Waals surface area contributed by atoms with Gasteiger partial charge in [0.15, 0.2) is 29.3 Å². The molecule has 42 heavy (non-hydrogen) atoms. The van der Waals surface area contributed by atoms with Gasteiger partial charge in [0.25, 0.3) is 0 Å². The quantitative estimate of drug-likeness (QED) is 0.121. The predicted molar refractivity (Wildman–Crippen MR) is 157 cm³/mol. The number of pyridine rings is 1. The van der Waals surface area contributed by atoms with Crippen LogP contribution in [0.5, 0.6) is 11.5 Å². The first-order valence-electron chi connectivity index (χ1n) is 13.6. The lowest BCUT2D eigenvalue weighted by Crippen LogP contribution is -2.38. The van der Waals surface area contributed by atoms with Gasteiger partial charge in [-0.1, -0.05) is 59.6 Å². The number of thioether (sulfide) groups is 1. The van der Waals surface area contributed by atoms with Crippen LogP contribution in [0.4, 0.5) is 8.78 Å². The smallest absolute Gasteiger partial charge is 0.387 e. The summed E-state index contributed by atoms with van der Waals surface area (Å²) in [7, 11) is 0. The SMILES string of the molecule is O=C(OC(Cc1c(Cl)c[n+]([O-])cc1Cl)c1ccc(OC(F)F)c(OCC2CC2)c1)C1SCCN1CCc1ccccc1. The number of halogens is 4. The standard InChI is InChI=1S/C30H30Cl2F2N2O5S/c31-23-16-36(38)17-24(32)22(23)15-26(21-8-9-25(41-30(33)34)27(14-21)39-18-20-6-7-20)40-29(37)28-35(12-13-42-28)11-10-19-4-2-1-3-5-19/h1-5,8-9,14,16-17,20,26,28,30H,6-7,10-13,15,18H2. The van der Waals surface area contributed by atoms with E-state index in [2.05, 4.69) is 21.8 Å². The number of esters is 1. The van der Waals surface area contributed by atoms with E-state index in [1.165, 1.54) is 35.8 Å². The van der Waals surface area contributed by atoms with Crippen LogP contribution in [0.1, 0.15) is 35.6 Å². The van der Waals surface area contributed by atoms with E-state index >= 15 is 0 Å². The number of hydrogen-bond acceptors (Lipinski definition) is 7. The second-order valence-electron chi connectivity index (χ2n) is 10.3. The zero-order valence-electron chi connectivity index (χ0n) is 22.6. The van der Waals surface area contributed by atoms with E-state index in [9.17, 15) is 18.8 Å². The van der Waals surface area contributed by atoms with Crippen molar-refractivity contribution in [1.29, 1.82) is 0 Å². The fourth-order valence-corrected chi connectivity index (χ4v) is 6.50. The molecule has 2 aromatic carbocycles. The summed E-state index contributed by atoms with van der Waals surface area (Å²) in [6.45, 7) is -1.25. The normalized spacial score (nSPS) is 17.8. The lowest BCUT2D eigenvalue weighted by Gasteiger charge is -2.26. The van der Waals surface area contributed by atoms with Gasteiger partial charge in [-0.05, 0) is 48.4 Å². The van der Waals surface area contributed by atoms with E-state index < -0.39 is 24.1 Å². The molecule has 2 fully saturated rings. The van der Waals surface area contributed by atoms with Crippen LogP contribution in [0, 0.1) is 11.1 Å². The molecule has 0 radical (unpaired) electrons. The van der Waals surface area contributed by atoms with Crippen molar-refractivity contribution in [2.45, 2.75) is 43.8 Å². The maximum atomic E-state index is 13.6. The van der Waals surface area contributed by atoms with Crippen LogP contribution < -0.4 is 14.2 Å². The molecule has 1 aliphatic heterocycles. The highest BCUT2D eigenvalue weighted by Gasteiger charge is 2.35. The van der Waals surface area contributed by atoms with E-state index in [-0.39, 0.29) is 28.0 Å². The average Bonchev–Trinajstić information content (AvgIpc) is 3.67. The molecular formula is C30H30Cl2F2N2O5S. The highest BCUT2D eigenvalue weighted by molar-refractivity contribution is 8.00. The lowest BCUT2D eigenvalue weighted by molar-refractivity contribution is -0.605. The molecule has 2 atom stereocenters. The van der Waals surface area contributed by atoms with Gasteiger partial charge in [-0.15, -0.1) is 11.8 Å². The van der Waals surface area contributed by atoms with Gasteiger partial charge in [0.1, 0.15) is 16.1 Å². The topological polar surface area (TPSA) is 74.9 Å². The van der Waals surface area contributed by atoms with Gasteiger partial charge in [0.2, 0.25) is 0 Å². The lowest BCUT2D eigenvalue weighted by atomic mass is 10.0. The molecule has 2 heterocycles. The van der Waals surface area contributed by atoms with E-state index in [1.807, 2.05) is 18.2 Å². The molecule has 2 aliphatic rings. The first kappa shape index (κ1) is 30.7. The van der Waals surface area contributed by atoms with E-state index in [0.29, 0.717) is 34.9 Å². The number of aromatic nitrogens is 1. The Morgan fingerprint density at radius 3 is 2.52 bits per heavy atom. The number of hydrogen-bond donors (Lipinski definition) is 0. The van der Waals surface area contributed by atoms with Crippen LogP contribution in [0.2, 0.25) is 10.0 Å². The molecule has 12 heteroatoms. The summed E-state index contributed by atoms with van der Waals surface area (Å²) in [5.41, 5.74) is 2.07. The molecule has 5 rings (SSSR count). The van der Waals surface area contributed by atoms with E-state index in [1.54, 1.807) is 12.1 Å². The molecule has 7 nitrogen and oxygen atoms in total. The minimum absolute atomic E-state index is 0.0444. The molecule has 3 aromatic rings. The number of benzene rings is 2. The summed E-state index contributed by atoms with van der Waals surface area (Å²) in [4.78, 5) is 15.7. The van der Waals surface area contributed by atoms with Crippen LogP contribution in [0.15, 0.2) is 60.9 Å². The van der Waals surface area contributed by atoms with Gasteiger partial charge in [-0.3, -0.25) is 4.90 Å². The Labute approximate surface area is 257 Å². The minimum atomic E-state index is -3.03. The van der Waals surface area contributed by atoms with Crippen LogP contribution in [0.25, 0.3) is 0 Å². The summed E-state index contributed by atoms with van der Waals surface area (Å²) < 4.78 is 43.4. The Kier molecular flexibility index (Phi) is 10.3. The number of rotatable bonds is 13. The minimum Gasteiger partial charge on any atom is -0.619 e. The first-order valence-corrected chi connectivity index (χ1v) is 15.5. The van der Waals surface area contributed by atoms with Crippen molar-refractivity contribution in [3.8, 4) is 11.5 Å². The molecule has 0 N–H and O–H groups in total. The first-order chi connectivity index (χ1) is 20.3. The summed E-state index contributed by atoms with van der Waals surface area (Å²) in [6, 6.07) is 14.5. The van der Waals surface area contributed by atoms with Crippen LogP contribution in [0.3, 0.4) is 0 Å². The second-order valence-corrected chi connectivity index (χ2v) is 12.3. The largest absolute Gasteiger partial charge is 0.619 e. The van der Waals surface area contributed by atoms with Crippen LogP contribution >= 0.6 is 35.0 Å². The van der Waals surface area contributed by atoms with E-state index in [0.717, 1.165) is 31.6 Å². The molecule has 224 valence electrons. The average molecular weight is 640 g/mol. The summed E-state index contributed by atoms with van der Waals surface area (Å²) >= 11 is 14.2. The molecule has 0 spiro atoms. The Balaban J connectivity index is 1.40. The number of carbonyl (C=O) groups is 1. The van der Waals surface area contributed by atoms with Crippen LogP contribution in [-0.2, 0) is 22.4 Å². The van der Waals surface area contributed by atoms with Crippen molar-refractivity contribution < 1.29 is 32.5 Å². The Bertz CT molecular complexity index is 1360.